The van der Waals surface area contributed by atoms with Crippen LogP contribution >= 0.6 is 0 Å². The van der Waals surface area contributed by atoms with Gasteiger partial charge in [0.05, 0.1) is 19.6 Å². The highest BCUT2D eigenvalue weighted by Crippen LogP contribution is 2.18. The van der Waals surface area contributed by atoms with Crippen LogP contribution in [0.4, 0.5) is 0 Å². The number of ether oxygens (including phenoxy) is 2. The molecule has 0 aromatic carbocycles. The van der Waals surface area contributed by atoms with Crippen LogP contribution < -0.4 is 0 Å². The molecule has 2 atom stereocenters. The summed E-state index contributed by atoms with van der Waals surface area (Å²) in [5.41, 5.74) is 0. The van der Waals surface area contributed by atoms with Crippen molar-refractivity contribution in [3.05, 3.63) is 12.3 Å². The first-order valence-corrected chi connectivity index (χ1v) is 4.61. The van der Waals surface area contributed by atoms with Crippen LogP contribution in [0.5, 0.6) is 0 Å². The molecule has 0 radical (unpaired) electrons. The Morgan fingerprint density at radius 2 is 2.33 bits per heavy atom. The van der Waals surface area contributed by atoms with Crippen LogP contribution in [-0.2, 0) is 19.1 Å². The molecule has 0 bridgehead atoms. The van der Waals surface area contributed by atoms with Crippen molar-refractivity contribution in [3.8, 4) is 0 Å². The van der Waals surface area contributed by atoms with Gasteiger partial charge in [0.2, 0.25) is 5.91 Å². The van der Waals surface area contributed by atoms with E-state index in [2.05, 4.69) is 0 Å². The molecule has 2 aliphatic rings. The van der Waals surface area contributed by atoms with E-state index in [1.165, 1.54) is 17.2 Å². The van der Waals surface area contributed by atoms with Gasteiger partial charge >= 0.3 is 0 Å². The molecule has 0 aromatic heterocycles. The van der Waals surface area contributed by atoms with E-state index < -0.39 is 12.5 Å². The third kappa shape index (κ3) is 2.06. The molecular formula is C9H11NO5. The fourth-order valence-electron chi connectivity index (χ4n) is 1.49. The second kappa shape index (κ2) is 4.09. The van der Waals surface area contributed by atoms with Gasteiger partial charge in [0, 0.05) is 6.20 Å². The summed E-state index contributed by atoms with van der Waals surface area (Å²) in [6.07, 6.45) is 1.35. The Kier molecular flexibility index (Phi) is 2.81. The zero-order chi connectivity index (χ0) is 10.8. The molecule has 1 amide bonds. The highest BCUT2D eigenvalue weighted by atomic mass is 16.7. The average molecular weight is 213 g/mol. The van der Waals surface area contributed by atoms with Crippen LogP contribution in [0.15, 0.2) is 12.3 Å². The summed E-state index contributed by atoms with van der Waals surface area (Å²) in [6, 6.07) is 0. The lowest BCUT2D eigenvalue weighted by Gasteiger charge is -2.25. The molecular weight excluding hydrogens is 202 g/mol. The monoisotopic (exact) mass is 213 g/mol. The lowest BCUT2D eigenvalue weighted by Crippen LogP contribution is -2.41. The summed E-state index contributed by atoms with van der Waals surface area (Å²) >= 11 is 0. The summed E-state index contributed by atoms with van der Waals surface area (Å²) in [4.78, 5) is 23.7. The molecule has 1 N–H and O–H groups in total. The van der Waals surface area contributed by atoms with Crippen molar-refractivity contribution in [1.82, 2.24) is 4.90 Å². The Morgan fingerprint density at radius 1 is 1.53 bits per heavy atom. The van der Waals surface area contributed by atoms with E-state index in [1.807, 2.05) is 0 Å². The molecule has 0 aromatic rings. The Hall–Kier alpha value is -1.24. The number of carbonyl (C=O) groups excluding carboxylic acids is 2. The van der Waals surface area contributed by atoms with Gasteiger partial charge in [-0.25, -0.2) is 0 Å². The van der Waals surface area contributed by atoms with Crippen molar-refractivity contribution in [2.24, 2.45) is 0 Å². The highest BCUT2D eigenvalue weighted by Gasteiger charge is 2.33. The largest absolute Gasteiger partial charge is 0.391 e. The molecule has 82 valence electrons. The average Bonchev–Trinajstić information content (AvgIpc) is 2.66. The summed E-state index contributed by atoms with van der Waals surface area (Å²) < 4.78 is 10.3. The zero-order valence-electron chi connectivity index (χ0n) is 7.96. The highest BCUT2D eigenvalue weighted by molar-refractivity contribution is 6.06. The lowest BCUT2D eigenvalue weighted by atomic mass is 10.2. The molecule has 0 aliphatic carbocycles. The van der Waals surface area contributed by atoms with Crippen LogP contribution in [0.1, 0.15) is 6.42 Å². The number of aliphatic hydroxyl groups excluding tert-OH is 1. The molecule has 6 nitrogen and oxygen atoms in total. The Bertz CT molecular complexity index is 314. The third-order valence-electron chi connectivity index (χ3n) is 2.23. The van der Waals surface area contributed by atoms with Crippen LogP contribution in [0, 0.1) is 0 Å². The van der Waals surface area contributed by atoms with Gasteiger partial charge in [-0.1, -0.05) is 0 Å². The van der Waals surface area contributed by atoms with Crippen molar-refractivity contribution in [2.45, 2.75) is 18.9 Å². The molecule has 15 heavy (non-hydrogen) atoms. The first kappa shape index (κ1) is 10.3. The molecule has 6 heteroatoms. The van der Waals surface area contributed by atoms with Crippen LogP contribution in [0.3, 0.4) is 0 Å². The SMILES string of the molecule is O=C1C=CN([C@@H]2CO[C@H](CO)O2)C(=O)C1. The Balaban J connectivity index is 2.02. The zero-order valence-corrected chi connectivity index (χ0v) is 7.96. The van der Waals surface area contributed by atoms with Crippen LogP contribution in [0.2, 0.25) is 0 Å². The number of carbonyl (C=O) groups is 2. The minimum absolute atomic E-state index is 0.139. The topological polar surface area (TPSA) is 76.1 Å². The minimum atomic E-state index is -0.686. The first-order valence-electron chi connectivity index (χ1n) is 4.61. The van der Waals surface area contributed by atoms with Gasteiger partial charge in [-0.05, 0) is 6.08 Å². The Morgan fingerprint density at radius 3 is 2.93 bits per heavy atom. The maximum Gasteiger partial charge on any atom is 0.236 e. The van der Waals surface area contributed by atoms with Crippen molar-refractivity contribution in [3.63, 3.8) is 0 Å². The van der Waals surface area contributed by atoms with E-state index in [4.69, 9.17) is 14.6 Å². The van der Waals surface area contributed by atoms with Crippen molar-refractivity contribution >= 4 is 11.7 Å². The summed E-state index contributed by atoms with van der Waals surface area (Å²) in [6.45, 7) is -0.0450. The molecule has 0 spiro atoms. The van der Waals surface area contributed by atoms with Gasteiger partial charge in [-0.3, -0.25) is 14.5 Å². The number of rotatable bonds is 2. The quantitative estimate of drug-likeness (QED) is 0.595. The molecule has 1 fully saturated rings. The van der Waals surface area contributed by atoms with Crippen molar-refractivity contribution < 1.29 is 24.2 Å². The summed E-state index contributed by atoms with van der Waals surface area (Å²) in [7, 11) is 0. The maximum atomic E-state index is 11.4. The second-order valence-electron chi connectivity index (χ2n) is 3.30. The van der Waals surface area contributed by atoms with E-state index in [0.717, 1.165) is 0 Å². The van der Waals surface area contributed by atoms with Gasteiger partial charge < -0.3 is 14.6 Å². The number of nitrogens with zero attached hydrogens (tertiary/aromatic N) is 1. The van der Waals surface area contributed by atoms with Crippen molar-refractivity contribution in [1.29, 1.82) is 0 Å². The third-order valence-corrected chi connectivity index (χ3v) is 2.23. The number of aliphatic hydroxyl groups is 1. The first-order chi connectivity index (χ1) is 7.20. The van der Waals surface area contributed by atoms with Gasteiger partial charge in [0.25, 0.3) is 0 Å². The molecule has 0 unspecified atom stereocenters. The van der Waals surface area contributed by atoms with Gasteiger partial charge in [0.1, 0.15) is 0 Å². The maximum absolute atomic E-state index is 11.4. The van der Waals surface area contributed by atoms with Crippen molar-refractivity contribution in [2.75, 3.05) is 13.2 Å². The van der Waals surface area contributed by atoms with E-state index in [9.17, 15) is 9.59 Å². The smallest absolute Gasteiger partial charge is 0.236 e. The Labute approximate surface area is 86.1 Å². The standard InChI is InChI=1S/C9H11NO5/c11-4-9-14-5-8(15-9)10-2-1-6(12)3-7(10)13/h1-2,8-9,11H,3-5H2/t8-,9-/m0/s1. The summed E-state index contributed by atoms with van der Waals surface area (Å²) in [5.74, 6) is -0.524. The molecule has 0 saturated carbocycles. The van der Waals surface area contributed by atoms with Crippen LogP contribution in [-0.4, -0.2) is 47.4 Å². The van der Waals surface area contributed by atoms with Gasteiger partial charge in [-0.2, -0.15) is 0 Å². The minimum Gasteiger partial charge on any atom is -0.391 e. The molecule has 2 aliphatic heterocycles. The van der Waals surface area contributed by atoms with Crippen LogP contribution in [0.25, 0.3) is 0 Å². The fourth-order valence-corrected chi connectivity index (χ4v) is 1.49. The lowest BCUT2D eigenvalue weighted by molar-refractivity contribution is -0.146. The fraction of sp³-hybridized carbons (Fsp3) is 0.556. The predicted molar refractivity (Wildman–Crippen MR) is 47.3 cm³/mol. The number of hydrogen-bond acceptors (Lipinski definition) is 5. The predicted octanol–water partition coefficient (Wildman–Crippen LogP) is -1.01. The number of hydrogen-bond donors (Lipinski definition) is 1. The normalized spacial score (nSPS) is 31.4. The molecule has 1 saturated heterocycles. The number of amides is 1. The van der Waals surface area contributed by atoms with Gasteiger partial charge in [0.15, 0.2) is 18.3 Å². The molecule has 2 rings (SSSR count). The van der Waals surface area contributed by atoms with E-state index in [1.54, 1.807) is 0 Å². The number of ketones is 1. The van der Waals surface area contributed by atoms with Gasteiger partial charge in [-0.15, -0.1) is 0 Å². The molecule has 2 heterocycles. The second-order valence-corrected chi connectivity index (χ2v) is 3.30. The van der Waals surface area contributed by atoms with E-state index in [-0.39, 0.29) is 31.3 Å². The summed E-state index contributed by atoms with van der Waals surface area (Å²) in [5, 5.41) is 8.76. The number of allylic oxidation sites excluding steroid dienone is 1. The van der Waals surface area contributed by atoms with E-state index >= 15 is 0 Å². The van der Waals surface area contributed by atoms with E-state index in [0.29, 0.717) is 0 Å².